The molecule has 0 radical (unpaired) electrons. The minimum Gasteiger partial charge on any atom is -0.389 e. The van der Waals surface area contributed by atoms with E-state index in [1.807, 2.05) is 6.92 Å². The van der Waals surface area contributed by atoms with E-state index in [1.165, 1.54) is 0 Å². The predicted molar refractivity (Wildman–Crippen MR) is 58.1 cm³/mol. The lowest BCUT2D eigenvalue weighted by Crippen LogP contribution is -2.42. The van der Waals surface area contributed by atoms with Crippen LogP contribution >= 0.6 is 0 Å². The lowest BCUT2D eigenvalue weighted by Gasteiger charge is -2.28. The average molecular weight is 201 g/mol. The first-order valence-corrected chi connectivity index (χ1v) is 5.41. The maximum Gasteiger partial charge on any atom is 0.222 e. The summed E-state index contributed by atoms with van der Waals surface area (Å²) < 4.78 is 0. The molecule has 0 heterocycles. The molecule has 14 heavy (non-hydrogen) atoms. The molecule has 0 aromatic heterocycles. The number of hydrogen-bond acceptors (Lipinski definition) is 2. The van der Waals surface area contributed by atoms with Gasteiger partial charge in [-0.05, 0) is 27.2 Å². The smallest absolute Gasteiger partial charge is 0.222 e. The third-order valence-electron chi connectivity index (χ3n) is 2.06. The van der Waals surface area contributed by atoms with Crippen LogP contribution in [0.5, 0.6) is 0 Å². The van der Waals surface area contributed by atoms with Gasteiger partial charge < -0.3 is 10.0 Å². The summed E-state index contributed by atoms with van der Waals surface area (Å²) in [5, 5.41) is 9.60. The molecular formula is C11H23NO2. The molecule has 0 fully saturated rings. The fraction of sp³-hybridized carbons (Fsp3) is 0.909. The van der Waals surface area contributed by atoms with Crippen molar-refractivity contribution in [3.8, 4) is 0 Å². The lowest BCUT2D eigenvalue weighted by atomic mass is 10.1. The number of unbranched alkanes of at least 4 members (excludes halogenated alkanes) is 1. The molecule has 0 spiro atoms. The van der Waals surface area contributed by atoms with Crippen molar-refractivity contribution in [3.05, 3.63) is 0 Å². The highest BCUT2D eigenvalue weighted by Gasteiger charge is 2.20. The average Bonchev–Trinajstić information content (AvgIpc) is 2.08. The number of carbonyl (C=O) groups excluding carboxylic acids is 1. The Morgan fingerprint density at radius 2 is 1.93 bits per heavy atom. The van der Waals surface area contributed by atoms with Crippen molar-refractivity contribution in [2.45, 2.75) is 52.6 Å². The number of aliphatic hydroxyl groups is 1. The largest absolute Gasteiger partial charge is 0.389 e. The zero-order valence-electron chi connectivity index (χ0n) is 9.84. The van der Waals surface area contributed by atoms with Crippen LogP contribution in [0, 0.1) is 0 Å². The van der Waals surface area contributed by atoms with Crippen molar-refractivity contribution >= 4 is 5.91 Å². The molecule has 1 N–H and O–H groups in total. The van der Waals surface area contributed by atoms with Crippen LogP contribution < -0.4 is 0 Å². The van der Waals surface area contributed by atoms with Gasteiger partial charge in [-0.1, -0.05) is 13.3 Å². The Morgan fingerprint density at radius 1 is 1.36 bits per heavy atom. The van der Waals surface area contributed by atoms with Crippen LogP contribution in [0.15, 0.2) is 0 Å². The molecular weight excluding hydrogens is 178 g/mol. The van der Waals surface area contributed by atoms with Crippen molar-refractivity contribution in [3.63, 3.8) is 0 Å². The lowest BCUT2D eigenvalue weighted by molar-refractivity contribution is -0.134. The maximum absolute atomic E-state index is 11.6. The minimum atomic E-state index is -0.794. The molecule has 0 unspecified atom stereocenters. The Bertz CT molecular complexity index is 173. The van der Waals surface area contributed by atoms with Crippen LogP contribution in [0.2, 0.25) is 0 Å². The van der Waals surface area contributed by atoms with Gasteiger partial charge in [-0.25, -0.2) is 0 Å². The molecule has 0 saturated heterocycles. The van der Waals surface area contributed by atoms with E-state index in [-0.39, 0.29) is 5.91 Å². The van der Waals surface area contributed by atoms with E-state index < -0.39 is 5.60 Å². The molecule has 84 valence electrons. The molecule has 0 bridgehead atoms. The molecule has 0 aliphatic heterocycles. The summed E-state index contributed by atoms with van der Waals surface area (Å²) in [4.78, 5) is 13.3. The third-order valence-corrected chi connectivity index (χ3v) is 2.06. The quantitative estimate of drug-likeness (QED) is 0.712. The van der Waals surface area contributed by atoms with Crippen LogP contribution in [-0.4, -0.2) is 34.6 Å². The second-order valence-electron chi connectivity index (χ2n) is 4.32. The van der Waals surface area contributed by atoms with Gasteiger partial charge in [0.25, 0.3) is 0 Å². The Morgan fingerprint density at radius 3 is 2.29 bits per heavy atom. The van der Waals surface area contributed by atoms with E-state index in [9.17, 15) is 9.90 Å². The van der Waals surface area contributed by atoms with Gasteiger partial charge in [-0.15, -0.1) is 0 Å². The van der Waals surface area contributed by atoms with Gasteiger partial charge in [-0.3, -0.25) is 4.79 Å². The number of hydrogen-bond donors (Lipinski definition) is 1. The summed E-state index contributed by atoms with van der Waals surface area (Å²) in [5.41, 5.74) is -0.794. The van der Waals surface area contributed by atoms with Gasteiger partial charge in [0, 0.05) is 19.5 Å². The molecule has 0 aliphatic carbocycles. The first-order valence-electron chi connectivity index (χ1n) is 5.41. The summed E-state index contributed by atoms with van der Waals surface area (Å²) in [6, 6.07) is 0. The molecule has 0 rings (SSSR count). The highest BCUT2D eigenvalue weighted by molar-refractivity contribution is 5.76. The van der Waals surface area contributed by atoms with Gasteiger partial charge in [-0.2, -0.15) is 0 Å². The van der Waals surface area contributed by atoms with Gasteiger partial charge in [0.15, 0.2) is 0 Å². The third kappa shape index (κ3) is 5.97. The molecule has 1 amide bonds. The van der Waals surface area contributed by atoms with Crippen LogP contribution in [-0.2, 0) is 4.79 Å². The first kappa shape index (κ1) is 13.4. The molecule has 0 aromatic rings. The van der Waals surface area contributed by atoms with E-state index in [4.69, 9.17) is 0 Å². The zero-order valence-corrected chi connectivity index (χ0v) is 9.84. The normalized spacial score (nSPS) is 11.5. The molecule has 3 heteroatoms. The van der Waals surface area contributed by atoms with Crippen molar-refractivity contribution in [1.29, 1.82) is 0 Å². The topological polar surface area (TPSA) is 40.5 Å². The number of carbonyl (C=O) groups is 1. The van der Waals surface area contributed by atoms with E-state index in [0.29, 0.717) is 19.5 Å². The summed E-state index contributed by atoms with van der Waals surface area (Å²) in [6.07, 6.45) is 2.56. The van der Waals surface area contributed by atoms with Crippen LogP contribution in [0.1, 0.15) is 47.0 Å². The zero-order chi connectivity index (χ0) is 11.2. The monoisotopic (exact) mass is 201 g/mol. The minimum absolute atomic E-state index is 0.150. The highest BCUT2D eigenvalue weighted by atomic mass is 16.3. The maximum atomic E-state index is 11.6. The van der Waals surface area contributed by atoms with Crippen molar-refractivity contribution in [2.75, 3.05) is 13.1 Å². The number of amides is 1. The van der Waals surface area contributed by atoms with Crippen LogP contribution in [0.3, 0.4) is 0 Å². The van der Waals surface area contributed by atoms with Crippen molar-refractivity contribution in [2.24, 2.45) is 0 Å². The summed E-state index contributed by atoms with van der Waals surface area (Å²) in [7, 11) is 0. The van der Waals surface area contributed by atoms with Gasteiger partial charge in [0.05, 0.1) is 5.60 Å². The second-order valence-corrected chi connectivity index (χ2v) is 4.32. The molecule has 0 aliphatic rings. The second kappa shape index (κ2) is 6.02. The van der Waals surface area contributed by atoms with Crippen molar-refractivity contribution in [1.82, 2.24) is 4.90 Å². The molecule has 3 nitrogen and oxygen atoms in total. The molecule has 0 aromatic carbocycles. The van der Waals surface area contributed by atoms with Crippen LogP contribution in [0.4, 0.5) is 0 Å². The molecule has 0 saturated carbocycles. The van der Waals surface area contributed by atoms with E-state index in [1.54, 1.807) is 18.7 Å². The predicted octanol–water partition coefficient (Wildman–Crippen LogP) is 1.80. The fourth-order valence-corrected chi connectivity index (χ4v) is 1.33. The van der Waals surface area contributed by atoms with Crippen molar-refractivity contribution < 1.29 is 9.90 Å². The highest BCUT2D eigenvalue weighted by Crippen LogP contribution is 2.07. The van der Waals surface area contributed by atoms with E-state index >= 15 is 0 Å². The summed E-state index contributed by atoms with van der Waals surface area (Å²) >= 11 is 0. The Balaban J connectivity index is 4.06. The van der Waals surface area contributed by atoms with Gasteiger partial charge in [0.1, 0.15) is 0 Å². The Kier molecular flexibility index (Phi) is 5.77. The standard InChI is InChI=1S/C11H23NO2/c1-5-7-8-10(13)12(6-2)9-11(3,4)14/h14H,5-9H2,1-4H3. The van der Waals surface area contributed by atoms with Crippen LogP contribution in [0.25, 0.3) is 0 Å². The van der Waals surface area contributed by atoms with E-state index in [2.05, 4.69) is 6.92 Å². The summed E-state index contributed by atoms with van der Waals surface area (Å²) in [5.74, 6) is 0.150. The fourth-order valence-electron chi connectivity index (χ4n) is 1.33. The number of nitrogens with zero attached hydrogens (tertiary/aromatic N) is 1. The van der Waals surface area contributed by atoms with Gasteiger partial charge in [0.2, 0.25) is 5.91 Å². The first-order chi connectivity index (χ1) is 6.40. The Hall–Kier alpha value is -0.570. The number of likely N-dealkylation sites (N-methyl/N-ethyl adjacent to an activating group) is 1. The van der Waals surface area contributed by atoms with E-state index in [0.717, 1.165) is 12.8 Å². The SMILES string of the molecule is CCCCC(=O)N(CC)CC(C)(C)O. The molecule has 0 atom stereocenters. The summed E-state index contributed by atoms with van der Waals surface area (Å²) in [6.45, 7) is 8.55. The van der Waals surface area contributed by atoms with Gasteiger partial charge >= 0.3 is 0 Å². The Labute approximate surface area is 87.1 Å². The number of rotatable bonds is 6.